The minimum Gasteiger partial charge on any atom is -0.494 e. The fourth-order valence-electron chi connectivity index (χ4n) is 1.76. The van der Waals surface area contributed by atoms with Crippen LogP contribution < -0.4 is 10.5 Å². The molecular weight excluding hydrogens is 262 g/mol. The molecule has 0 radical (unpaired) electrons. The van der Waals surface area contributed by atoms with E-state index in [1.807, 2.05) is 24.3 Å². The monoisotopic (exact) mass is 271 g/mol. The van der Waals surface area contributed by atoms with Crippen molar-refractivity contribution in [1.29, 1.82) is 5.26 Å². The summed E-state index contributed by atoms with van der Waals surface area (Å²) < 4.78 is 7.70. The van der Waals surface area contributed by atoms with E-state index in [4.69, 9.17) is 15.7 Å². The molecule has 0 amide bonds. The molecule has 0 aliphatic heterocycles. The van der Waals surface area contributed by atoms with Gasteiger partial charge < -0.3 is 10.5 Å². The summed E-state index contributed by atoms with van der Waals surface area (Å²) in [4.78, 5) is 4.47. The number of fused-ring (bicyclic) bond motifs is 1. The molecular formula is C12H9N5OS. The molecule has 3 aromatic rings. The van der Waals surface area contributed by atoms with Crippen LogP contribution in [-0.4, -0.2) is 21.9 Å². The third-order valence-corrected chi connectivity index (χ3v) is 3.69. The van der Waals surface area contributed by atoms with E-state index in [9.17, 15) is 0 Å². The number of methoxy groups -OCH3 is 1. The van der Waals surface area contributed by atoms with E-state index in [-0.39, 0.29) is 0 Å². The van der Waals surface area contributed by atoms with Crippen LogP contribution in [0.4, 0.5) is 5.82 Å². The van der Waals surface area contributed by atoms with Crippen LogP contribution in [0.5, 0.6) is 5.75 Å². The van der Waals surface area contributed by atoms with Crippen LogP contribution in [0.25, 0.3) is 15.3 Å². The number of para-hydroxylation sites is 1. The molecule has 0 unspecified atom stereocenters. The number of thiazole rings is 1. The zero-order valence-electron chi connectivity index (χ0n) is 9.99. The van der Waals surface area contributed by atoms with E-state index in [2.05, 4.69) is 10.1 Å². The van der Waals surface area contributed by atoms with E-state index in [0.29, 0.717) is 22.3 Å². The average Bonchev–Trinajstić information content (AvgIpc) is 3.00. The Morgan fingerprint density at radius 1 is 1.47 bits per heavy atom. The molecule has 0 bridgehead atoms. The maximum atomic E-state index is 8.88. The fourth-order valence-corrected chi connectivity index (χ4v) is 2.72. The standard InChI is InChI=1S/C12H9N5OS/c1-18-8-3-2-4-9-10(8)16-12(19-9)17-11(14)7(5-13)6-15-17/h2-4,6H,14H2,1H3. The minimum absolute atomic E-state index is 0.292. The van der Waals surface area contributed by atoms with Crippen LogP contribution >= 0.6 is 11.3 Å². The number of anilines is 1. The molecule has 0 saturated carbocycles. The van der Waals surface area contributed by atoms with Crippen molar-refractivity contribution in [2.75, 3.05) is 12.8 Å². The van der Waals surface area contributed by atoms with E-state index in [0.717, 1.165) is 10.2 Å². The van der Waals surface area contributed by atoms with Crippen molar-refractivity contribution in [3.05, 3.63) is 30.0 Å². The fraction of sp³-hybridized carbons (Fsp3) is 0.0833. The number of nitrogens with zero attached hydrogens (tertiary/aromatic N) is 4. The Bertz CT molecular complexity index is 798. The predicted octanol–water partition coefficient (Wildman–Crippen LogP) is 1.94. The highest BCUT2D eigenvalue weighted by Gasteiger charge is 2.14. The van der Waals surface area contributed by atoms with Gasteiger partial charge in [0.05, 0.1) is 18.0 Å². The molecule has 0 aliphatic rings. The van der Waals surface area contributed by atoms with E-state index < -0.39 is 0 Å². The van der Waals surface area contributed by atoms with Crippen LogP contribution in [0.2, 0.25) is 0 Å². The van der Waals surface area contributed by atoms with Crippen LogP contribution in [-0.2, 0) is 0 Å². The number of benzene rings is 1. The number of nitrogens with two attached hydrogens (primary N) is 1. The van der Waals surface area contributed by atoms with Crippen molar-refractivity contribution in [2.45, 2.75) is 0 Å². The molecule has 0 aliphatic carbocycles. The third-order valence-electron chi connectivity index (χ3n) is 2.70. The maximum Gasteiger partial charge on any atom is 0.213 e. The second kappa shape index (κ2) is 4.26. The normalized spacial score (nSPS) is 10.5. The lowest BCUT2D eigenvalue weighted by molar-refractivity contribution is 0.419. The quantitative estimate of drug-likeness (QED) is 0.769. The summed E-state index contributed by atoms with van der Waals surface area (Å²) in [6.07, 6.45) is 1.43. The summed E-state index contributed by atoms with van der Waals surface area (Å²) in [5, 5.41) is 13.6. The molecule has 0 spiro atoms. The highest BCUT2D eigenvalue weighted by molar-refractivity contribution is 7.20. The predicted molar refractivity (Wildman–Crippen MR) is 72.4 cm³/mol. The van der Waals surface area contributed by atoms with Gasteiger partial charge in [-0.2, -0.15) is 15.0 Å². The zero-order chi connectivity index (χ0) is 13.4. The lowest BCUT2D eigenvalue weighted by atomic mass is 10.3. The van der Waals surface area contributed by atoms with Gasteiger partial charge in [-0.3, -0.25) is 0 Å². The second-order valence-electron chi connectivity index (χ2n) is 3.77. The molecule has 6 nitrogen and oxygen atoms in total. The number of aromatic nitrogens is 3. The van der Waals surface area contributed by atoms with Crippen molar-refractivity contribution >= 4 is 27.4 Å². The molecule has 94 valence electrons. The molecule has 0 saturated heterocycles. The Balaban J connectivity index is 2.21. The van der Waals surface area contributed by atoms with Gasteiger partial charge in [-0.1, -0.05) is 17.4 Å². The molecule has 2 aromatic heterocycles. The summed E-state index contributed by atoms with van der Waals surface area (Å²) in [5.74, 6) is 0.992. The molecule has 2 N–H and O–H groups in total. The first kappa shape index (κ1) is 11.5. The van der Waals surface area contributed by atoms with Gasteiger partial charge in [0.25, 0.3) is 0 Å². The highest BCUT2D eigenvalue weighted by Crippen LogP contribution is 2.32. The summed E-state index contributed by atoms with van der Waals surface area (Å²) in [7, 11) is 1.60. The number of hydrogen-bond acceptors (Lipinski definition) is 6. The van der Waals surface area contributed by atoms with Gasteiger partial charge in [-0.05, 0) is 12.1 Å². The molecule has 19 heavy (non-hydrogen) atoms. The second-order valence-corrected chi connectivity index (χ2v) is 4.78. The average molecular weight is 271 g/mol. The Kier molecular flexibility index (Phi) is 2.58. The maximum absolute atomic E-state index is 8.88. The number of hydrogen-bond donors (Lipinski definition) is 1. The molecule has 7 heteroatoms. The summed E-state index contributed by atoms with van der Waals surface area (Å²) in [5.41, 5.74) is 6.95. The highest BCUT2D eigenvalue weighted by atomic mass is 32.1. The van der Waals surface area contributed by atoms with Crippen molar-refractivity contribution in [2.24, 2.45) is 0 Å². The van der Waals surface area contributed by atoms with Gasteiger partial charge in [0.15, 0.2) is 0 Å². The minimum atomic E-state index is 0.292. The Morgan fingerprint density at radius 2 is 2.32 bits per heavy atom. The SMILES string of the molecule is COc1cccc2sc(-n3ncc(C#N)c3N)nc12. The zero-order valence-corrected chi connectivity index (χ0v) is 10.8. The Hall–Kier alpha value is -2.59. The van der Waals surface area contributed by atoms with Crippen molar-refractivity contribution in [3.63, 3.8) is 0 Å². The summed E-state index contributed by atoms with van der Waals surface area (Å²) in [6, 6.07) is 7.68. The molecule has 1 aromatic carbocycles. The summed E-state index contributed by atoms with van der Waals surface area (Å²) in [6.45, 7) is 0. The number of ether oxygens (including phenoxy) is 1. The van der Waals surface area contributed by atoms with Gasteiger partial charge in [-0.15, -0.1) is 0 Å². The van der Waals surface area contributed by atoms with Crippen LogP contribution in [0.1, 0.15) is 5.56 Å². The van der Waals surface area contributed by atoms with Crippen LogP contribution in [0.15, 0.2) is 24.4 Å². The van der Waals surface area contributed by atoms with Crippen molar-refractivity contribution in [1.82, 2.24) is 14.8 Å². The molecule has 0 atom stereocenters. The van der Waals surface area contributed by atoms with Gasteiger partial charge in [0.1, 0.15) is 28.7 Å². The van der Waals surface area contributed by atoms with Gasteiger partial charge in [-0.25, -0.2) is 4.98 Å². The third kappa shape index (κ3) is 1.70. The van der Waals surface area contributed by atoms with Crippen LogP contribution in [0, 0.1) is 11.3 Å². The van der Waals surface area contributed by atoms with Gasteiger partial charge in [0.2, 0.25) is 5.13 Å². The molecule has 2 heterocycles. The van der Waals surface area contributed by atoms with Gasteiger partial charge >= 0.3 is 0 Å². The van der Waals surface area contributed by atoms with E-state index >= 15 is 0 Å². The lowest BCUT2D eigenvalue weighted by Gasteiger charge is -1.98. The summed E-state index contributed by atoms with van der Waals surface area (Å²) >= 11 is 1.44. The Labute approximate surface area is 112 Å². The molecule has 0 fully saturated rings. The smallest absolute Gasteiger partial charge is 0.213 e. The van der Waals surface area contributed by atoms with E-state index in [1.54, 1.807) is 7.11 Å². The van der Waals surface area contributed by atoms with Gasteiger partial charge in [0, 0.05) is 0 Å². The van der Waals surface area contributed by atoms with Crippen molar-refractivity contribution < 1.29 is 4.74 Å². The Morgan fingerprint density at radius 3 is 3.00 bits per heavy atom. The number of nitriles is 1. The first-order valence-electron chi connectivity index (χ1n) is 5.42. The van der Waals surface area contributed by atoms with E-state index in [1.165, 1.54) is 22.2 Å². The first-order valence-corrected chi connectivity index (χ1v) is 6.23. The number of rotatable bonds is 2. The van der Waals surface area contributed by atoms with Crippen molar-refractivity contribution in [3.8, 4) is 17.0 Å². The number of nitrogen functional groups attached to an aromatic ring is 1. The first-order chi connectivity index (χ1) is 9.24. The van der Waals surface area contributed by atoms with Crippen LogP contribution in [0.3, 0.4) is 0 Å². The molecule has 3 rings (SSSR count). The topological polar surface area (TPSA) is 89.8 Å². The lowest BCUT2D eigenvalue weighted by Crippen LogP contribution is -2.01. The largest absolute Gasteiger partial charge is 0.494 e.